The second-order valence-electron chi connectivity index (χ2n) is 5.99. The van der Waals surface area contributed by atoms with Crippen molar-refractivity contribution in [2.75, 3.05) is 18.5 Å². The highest BCUT2D eigenvalue weighted by molar-refractivity contribution is 6.01. The van der Waals surface area contributed by atoms with Crippen LogP contribution < -0.4 is 14.8 Å². The molecule has 0 aromatic heterocycles. The van der Waals surface area contributed by atoms with Crippen LogP contribution in [0, 0.1) is 11.6 Å². The first kappa shape index (κ1) is 14.9. The lowest BCUT2D eigenvalue weighted by atomic mass is 9.94. The molecule has 1 fully saturated rings. The van der Waals surface area contributed by atoms with Crippen molar-refractivity contribution >= 4 is 11.6 Å². The van der Waals surface area contributed by atoms with Gasteiger partial charge in [0.1, 0.15) is 30.5 Å². The fourth-order valence-corrected chi connectivity index (χ4v) is 2.96. The molecule has 1 saturated carbocycles. The molecule has 1 N–H and O–H groups in total. The Hall–Kier alpha value is -2.63. The number of ether oxygens (including phenoxy) is 2. The van der Waals surface area contributed by atoms with Gasteiger partial charge in [-0.25, -0.2) is 8.78 Å². The summed E-state index contributed by atoms with van der Waals surface area (Å²) in [6.45, 7) is 0.945. The van der Waals surface area contributed by atoms with E-state index in [1.54, 1.807) is 18.2 Å². The van der Waals surface area contributed by atoms with Gasteiger partial charge in [-0.2, -0.15) is 0 Å². The predicted octanol–water partition coefficient (Wildman–Crippen LogP) is 3.41. The summed E-state index contributed by atoms with van der Waals surface area (Å²) in [4.78, 5) is 12.7. The molecule has 0 radical (unpaired) electrons. The predicted molar refractivity (Wildman–Crippen MR) is 83.3 cm³/mol. The van der Waals surface area contributed by atoms with Crippen molar-refractivity contribution in [2.24, 2.45) is 0 Å². The molecule has 0 atom stereocenters. The topological polar surface area (TPSA) is 47.6 Å². The molecule has 6 heteroatoms. The Balaban J connectivity index is 1.62. The molecule has 2 aromatic rings. The monoisotopic (exact) mass is 331 g/mol. The zero-order valence-corrected chi connectivity index (χ0v) is 12.8. The third kappa shape index (κ3) is 2.38. The molecule has 0 saturated heterocycles. The van der Waals surface area contributed by atoms with E-state index < -0.39 is 28.6 Å². The van der Waals surface area contributed by atoms with Crippen LogP contribution >= 0.6 is 0 Å². The fraction of sp³-hybridized carbons (Fsp3) is 0.278. The Labute approximate surface area is 137 Å². The molecule has 1 heterocycles. The molecule has 4 nitrogen and oxygen atoms in total. The van der Waals surface area contributed by atoms with Gasteiger partial charge in [0.05, 0.1) is 5.41 Å². The lowest BCUT2D eigenvalue weighted by molar-refractivity contribution is -0.118. The highest BCUT2D eigenvalue weighted by Gasteiger charge is 2.52. The smallest absolute Gasteiger partial charge is 0.235 e. The quantitative estimate of drug-likeness (QED) is 0.938. The summed E-state index contributed by atoms with van der Waals surface area (Å²) >= 11 is 0. The van der Waals surface area contributed by atoms with E-state index in [0.717, 1.165) is 17.7 Å². The van der Waals surface area contributed by atoms with Crippen molar-refractivity contribution in [2.45, 2.75) is 18.3 Å². The molecule has 0 unspecified atom stereocenters. The summed E-state index contributed by atoms with van der Waals surface area (Å²) in [5, 5.41) is 2.40. The summed E-state index contributed by atoms with van der Waals surface area (Å²) < 4.78 is 38.5. The Kier molecular flexibility index (Phi) is 3.40. The SMILES string of the molecule is O=C(Nc1c(F)cccc1F)C1(c2ccc3c(c2)OCCO3)CC1. The highest BCUT2D eigenvalue weighted by Crippen LogP contribution is 2.51. The summed E-state index contributed by atoms with van der Waals surface area (Å²) in [6, 6.07) is 8.83. The van der Waals surface area contributed by atoms with Gasteiger partial charge in [-0.15, -0.1) is 0 Å². The van der Waals surface area contributed by atoms with Crippen molar-refractivity contribution < 1.29 is 23.0 Å². The summed E-state index contributed by atoms with van der Waals surface area (Å²) in [7, 11) is 0. The minimum Gasteiger partial charge on any atom is -0.486 e. The number of amides is 1. The molecule has 24 heavy (non-hydrogen) atoms. The lowest BCUT2D eigenvalue weighted by Crippen LogP contribution is -2.29. The molecule has 2 aromatic carbocycles. The number of para-hydroxylation sites is 1. The van der Waals surface area contributed by atoms with Gasteiger partial charge >= 0.3 is 0 Å². The van der Waals surface area contributed by atoms with Crippen LogP contribution in [0.25, 0.3) is 0 Å². The van der Waals surface area contributed by atoms with Gasteiger partial charge in [0.2, 0.25) is 5.91 Å². The number of rotatable bonds is 3. The number of benzene rings is 2. The maximum atomic E-state index is 13.8. The number of halogens is 2. The Morgan fingerprint density at radius 2 is 1.67 bits per heavy atom. The first-order valence-corrected chi connectivity index (χ1v) is 7.76. The highest BCUT2D eigenvalue weighted by atomic mass is 19.1. The molecular weight excluding hydrogens is 316 g/mol. The first-order chi connectivity index (χ1) is 11.6. The van der Waals surface area contributed by atoms with Gasteiger partial charge < -0.3 is 14.8 Å². The van der Waals surface area contributed by atoms with Crippen LogP contribution in [0.5, 0.6) is 11.5 Å². The minimum atomic E-state index is -0.790. The molecule has 0 spiro atoms. The van der Waals surface area contributed by atoms with Crippen LogP contribution in [-0.4, -0.2) is 19.1 Å². The number of carbonyl (C=O) groups excluding carboxylic acids is 1. The van der Waals surface area contributed by atoms with Crippen molar-refractivity contribution in [1.82, 2.24) is 0 Å². The Morgan fingerprint density at radius 3 is 2.33 bits per heavy atom. The summed E-state index contributed by atoms with van der Waals surface area (Å²) in [6.07, 6.45) is 1.24. The largest absolute Gasteiger partial charge is 0.486 e. The molecule has 124 valence electrons. The Morgan fingerprint density at radius 1 is 1.00 bits per heavy atom. The zero-order valence-electron chi connectivity index (χ0n) is 12.8. The number of hydrogen-bond acceptors (Lipinski definition) is 3. The third-order valence-corrected chi connectivity index (χ3v) is 4.48. The first-order valence-electron chi connectivity index (χ1n) is 7.76. The van der Waals surface area contributed by atoms with Crippen LogP contribution in [0.2, 0.25) is 0 Å². The molecule has 0 bridgehead atoms. The maximum Gasteiger partial charge on any atom is 0.235 e. The number of anilines is 1. The van der Waals surface area contributed by atoms with E-state index in [1.165, 1.54) is 6.07 Å². The van der Waals surface area contributed by atoms with Gasteiger partial charge in [0.25, 0.3) is 0 Å². The van der Waals surface area contributed by atoms with E-state index in [-0.39, 0.29) is 0 Å². The number of hydrogen-bond donors (Lipinski definition) is 1. The molecular formula is C18H15F2NO3. The Bertz CT molecular complexity index is 798. The van der Waals surface area contributed by atoms with Crippen LogP contribution in [0.4, 0.5) is 14.5 Å². The second kappa shape index (κ2) is 5.47. The maximum absolute atomic E-state index is 13.8. The normalized spacial score (nSPS) is 17.2. The van der Waals surface area contributed by atoms with E-state index >= 15 is 0 Å². The minimum absolute atomic E-state index is 0.411. The van der Waals surface area contributed by atoms with E-state index in [2.05, 4.69) is 5.32 Å². The van der Waals surface area contributed by atoms with Crippen LogP contribution in [0.1, 0.15) is 18.4 Å². The van der Waals surface area contributed by atoms with Gasteiger partial charge in [-0.1, -0.05) is 12.1 Å². The molecule has 4 rings (SSSR count). The van der Waals surface area contributed by atoms with Gasteiger partial charge in [-0.3, -0.25) is 4.79 Å². The zero-order chi connectivity index (χ0) is 16.7. The summed E-state index contributed by atoms with van der Waals surface area (Å²) in [5.41, 5.74) is -0.419. The van der Waals surface area contributed by atoms with E-state index in [1.807, 2.05) is 0 Å². The van der Waals surface area contributed by atoms with Crippen molar-refractivity contribution in [3.05, 3.63) is 53.6 Å². The number of carbonyl (C=O) groups is 1. The van der Waals surface area contributed by atoms with Crippen LogP contribution in [0.15, 0.2) is 36.4 Å². The van der Waals surface area contributed by atoms with E-state index in [0.29, 0.717) is 37.6 Å². The van der Waals surface area contributed by atoms with Gasteiger partial charge in [0.15, 0.2) is 11.5 Å². The van der Waals surface area contributed by atoms with Crippen LogP contribution in [0.3, 0.4) is 0 Å². The van der Waals surface area contributed by atoms with Crippen LogP contribution in [-0.2, 0) is 10.2 Å². The van der Waals surface area contributed by atoms with Crippen molar-refractivity contribution in [3.63, 3.8) is 0 Å². The standard InChI is InChI=1S/C18H15F2NO3/c19-12-2-1-3-13(20)16(12)21-17(22)18(6-7-18)11-4-5-14-15(10-11)24-9-8-23-14/h1-5,10H,6-9H2,(H,21,22). The average Bonchev–Trinajstić information content (AvgIpc) is 3.40. The van der Waals surface area contributed by atoms with Gasteiger partial charge in [0, 0.05) is 0 Å². The molecule has 1 aliphatic carbocycles. The fourth-order valence-electron chi connectivity index (χ4n) is 2.96. The number of fused-ring (bicyclic) bond motifs is 1. The van der Waals surface area contributed by atoms with Crippen molar-refractivity contribution in [3.8, 4) is 11.5 Å². The third-order valence-electron chi connectivity index (χ3n) is 4.48. The van der Waals surface area contributed by atoms with E-state index in [9.17, 15) is 13.6 Å². The second-order valence-corrected chi connectivity index (χ2v) is 5.99. The lowest BCUT2D eigenvalue weighted by Gasteiger charge is -2.21. The molecule has 1 aliphatic heterocycles. The molecule has 2 aliphatic rings. The number of nitrogens with one attached hydrogen (secondary N) is 1. The van der Waals surface area contributed by atoms with Gasteiger partial charge in [-0.05, 0) is 42.7 Å². The van der Waals surface area contributed by atoms with E-state index in [4.69, 9.17) is 9.47 Å². The average molecular weight is 331 g/mol. The van der Waals surface area contributed by atoms with Crippen molar-refractivity contribution in [1.29, 1.82) is 0 Å². The molecule has 1 amide bonds. The summed E-state index contributed by atoms with van der Waals surface area (Å²) in [5.74, 6) is -0.762.